The fourth-order valence-electron chi connectivity index (χ4n) is 3.90. The topological polar surface area (TPSA) is 41.6 Å². The first kappa shape index (κ1) is 18.8. The lowest BCUT2D eigenvalue weighted by molar-refractivity contribution is -0.117. The molecule has 1 saturated carbocycles. The van der Waals surface area contributed by atoms with Gasteiger partial charge in [-0.25, -0.2) is 0 Å². The van der Waals surface area contributed by atoms with Crippen LogP contribution in [0.3, 0.4) is 0 Å². The second-order valence-corrected chi connectivity index (χ2v) is 7.80. The van der Waals surface area contributed by atoms with Gasteiger partial charge in [-0.15, -0.1) is 0 Å². The molecule has 2 aromatic rings. The van der Waals surface area contributed by atoms with Gasteiger partial charge in [-0.05, 0) is 47.6 Å². The number of hydrogen-bond donors (Lipinski definition) is 1. The molecule has 3 unspecified atom stereocenters. The summed E-state index contributed by atoms with van der Waals surface area (Å²) in [5.74, 6) is 1.17. The molecule has 2 aromatic carbocycles. The normalized spacial score (nSPS) is 22.8. The van der Waals surface area contributed by atoms with E-state index >= 15 is 0 Å². The van der Waals surface area contributed by atoms with Crippen molar-refractivity contribution >= 4 is 17.7 Å². The SMILES string of the molecule is CC1CC1C(NC(=O)/C=C/c1ccc(N2CCOCC2)cc1)c1ccccc1. The Bertz CT molecular complexity index is 810. The predicted molar refractivity (Wildman–Crippen MR) is 113 cm³/mol. The van der Waals surface area contributed by atoms with E-state index in [1.165, 1.54) is 17.7 Å². The van der Waals surface area contributed by atoms with Gasteiger partial charge < -0.3 is 15.0 Å². The van der Waals surface area contributed by atoms with E-state index < -0.39 is 0 Å². The average molecular weight is 377 g/mol. The second-order valence-electron chi connectivity index (χ2n) is 7.80. The van der Waals surface area contributed by atoms with Gasteiger partial charge in [-0.1, -0.05) is 49.4 Å². The van der Waals surface area contributed by atoms with Crippen molar-refractivity contribution in [3.63, 3.8) is 0 Å². The van der Waals surface area contributed by atoms with Crippen LogP contribution in [-0.4, -0.2) is 32.2 Å². The Hall–Kier alpha value is -2.59. The number of morpholine rings is 1. The van der Waals surface area contributed by atoms with E-state index in [0.717, 1.165) is 31.9 Å². The van der Waals surface area contributed by atoms with Gasteiger partial charge in [0.1, 0.15) is 0 Å². The molecule has 2 fully saturated rings. The third-order valence-corrected chi connectivity index (χ3v) is 5.75. The van der Waals surface area contributed by atoms with Crippen LogP contribution in [-0.2, 0) is 9.53 Å². The van der Waals surface area contributed by atoms with E-state index in [1.807, 2.05) is 24.3 Å². The van der Waals surface area contributed by atoms with Crippen molar-refractivity contribution in [1.29, 1.82) is 0 Å². The number of rotatable bonds is 6. The molecule has 0 aromatic heterocycles. The van der Waals surface area contributed by atoms with Gasteiger partial charge >= 0.3 is 0 Å². The van der Waals surface area contributed by atoms with E-state index in [9.17, 15) is 4.79 Å². The first-order valence-corrected chi connectivity index (χ1v) is 10.2. The third kappa shape index (κ3) is 4.63. The summed E-state index contributed by atoms with van der Waals surface area (Å²) in [4.78, 5) is 14.9. The molecule has 1 heterocycles. The zero-order valence-corrected chi connectivity index (χ0v) is 16.4. The lowest BCUT2D eigenvalue weighted by Crippen LogP contribution is -2.36. The molecule has 1 aliphatic heterocycles. The zero-order chi connectivity index (χ0) is 19.3. The predicted octanol–water partition coefficient (Wildman–Crippen LogP) is 4.05. The highest BCUT2D eigenvalue weighted by molar-refractivity contribution is 5.92. The summed E-state index contributed by atoms with van der Waals surface area (Å²) in [5.41, 5.74) is 3.42. The fraction of sp³-hybridized carbons (Fsp3) is 0.375. The minimum absolute atomic E-state index is 0.0368. The summed E-state index contributed by atoms with van der Waals surface area (Å²) in [6, 6.07) is 18.7. The zero-order valence-electron chi connectivity index (χ0n) is 16.4. The monoisotopic (exact) mass is 376 g/mol. The van der Waals surface area contributed by atoms with Gasteiger partial charge in [0.2, 0.25) is 5.91 Å². The van der Waals surface area contributed by atoms with Gasteiger partial charge in [0.15, 0.2) is 0 Å². The van der Waals surface area contributed by atoms with Crippen molar-refractivity contribution < 1.29 is 9.53 Å². The maximum Gasteiger partial charge on any atom is 0.244 e. The maximum absolute atomic E-state index is 12.5. The molecule has 0 radical (unpaired) electrons. The molecule has 1 N–H and O–H groups in total. The van der Waals surface area contributed by atoms with Crippen LogP contribution in [0.5, 0.6) is 0 Å². The van der Waals surface area contributed by atoms with Crippen LogP contribution < -0.4 is 10.2 Å². The molecule has 2 aliphatic rings. The first-order chi connectivity index (χ1) is 13.7. The number of nitrogens with zero attached hydrogens (tertiary/aromatic N) is 1. The lowest BCUT2D eigenvalue weighted by Gasteiger charge is -2.28. The summed E-state index contributed by atoms with van der Waals surface area (Å²) in [6.07, 6.45) is 4.70. The van der Waals surface area contributed by atoms with E-state index in [-0.39, 0.29) is 11.9 Å². The number of ether oxygens (including phenoxy) is 1. The van der Waals surface area contributed by atoms with Gasteiger partial charge in [0, 0.05) is 24.9 Å². The van der Waals surface area contributed by atoms with Gasteiger partial charge in [-0.3, -0.25) is 4.79 Å². The molecule has 1 amide bonds. The summed E-state index contributed by atoms with van der Waals surface area (Å²) in [5, 5.41) is 3.21. The average Bonchev–Trinajstić information content (AvgIpc) is 3.48. The van der Waals surface area contributed by atoms with Crippen LogP contribution in [0.25, 0.3) is 6.08 Å². The van der Waals surface area contributed by atoms with E-state index in [1.54, 1.807) is 6.08 Å². The molecular formula is C24H28N2O2. The highest BCUT2D eigenvalue weighted by Gasteiger charge is 2.40. The molecule has 3 atom stereocenters. The number of carbonyl (C=O) groups is 1. The summed E-state index contributed by atoms with van der Waals surface area (Å²) in [7, 11) is 0. The number of carbonyl (C=O) groups excluding carboxylic acids is 1. The van der Waals surface area contributed by atoms with Crippen molar-refractivity contribution in [3.8, 4) is 0 Å². The number of nitrogens with one attached hydrogen (secondary N) is 1. The molecule has 1 aliphatic carbocycles. The van der Waals surface area contributed by atoms with Crippen molar-refractivity contribution in [2.24, 2.45) is 11.8 Å². The van der Waals surface area contributed by atoms with Crippen LogP contribution in [0.15, 0.2) is 60.7 Å². The van der Waals surface area contributed by atoms with Crippen molar-refractivity contribution in [3.05, 3.63) is 71.8 Å². The van der Waals surface area contributed by atoms with E-state index in [4.69, 9.17) is 4.74 Å². The molecule has 4 rings (SSSR count). The minimum atomic E-state index is -0.0368. The molecular weight excluding hydrogens is 348 g/mol. The Morgan fingerprint density at radius 1 is 1.11 bits per heavy atom. The lowest BCUT2D eigenvalue weighted by atomic mass is 10.0. The molecule has 4 heteroatoms. The Morgan fingerprint density at radius 2 is 1.79 bits per heavy atom. The largest absolute Gasteiger partial charge is 0.378 e. The molecule has 0 bridgehead atoms. The van der Waals surface area contributed by atoms with Crippen LogP contribution >= 0.6 is 0 Å². The van der Waals surface area contributed by atoms with Crippen LogP contribution in [0, 0.1) is 11.8 Å². The Labute approximate surface area is 167 Å². The maximum atomic E-state index is 12.5. The minimum Gasteiger partial charge on any atom is -0.378 e. The van der Waals surface area contributed by atoms with Crippen molar-refractivity contribution in [2.75, 3.05) is 31.2 Å². The molecule has 28 heavy (non-hydrogen) atoms. The van der Waals surface area contributed by atoms with E-state index in [0.29, 0.717) is 11.8 Å². The standard InChI is InChI=1S/C24H28N2O2/c1-18-17-22(18)24(20-5-3-2-4-6-20)25-23(27)12-9-19-7-10-21(11-8-19)26-13-15-28-16-14-26/h2-12,18,22,24H,13-17H2,1H3,(H,25,27)/b12-9+. The number of benzene rings is 2. The van der Waals surface area contributed by atoms with Crippen LogP contribution in [0.2, 0.25) is 0 Å². The smallest absolute Gasteiger partial charge is 0.244 e. The van der Waals surface area contributed by atoms with Crippen molar-refractivity contribution in [1.82, 2.24) is 5.32 Å². The number of anilines is 1. The Balaban J connectivity index is 1.37. The number of amides is 1. The first-order valence-electron chi connectivity index (χ1n) is 10.2. The van der Waals surface area contributed by atoms with Crippen LogP contribution in [0.1, 0.15) is 30.5 Å². The molecule has 4 nitrogen and oxygen atoms in total. The molecule has 1 saturated heterocycles. The quantitative estimate of drug-likeness (QED) is 0.774. The summed E-state index contributed by atoms with van der Waals surface area (Å²) in [6.45, 7) is 5.67. The van der Waals surface area contributed by atoms with Crippen molar-refractivity contribution in [2.45, 2.75) is 19.4 Å². The van der Waals surface area contributed by atoms with Gasteiger partial charge in [-0.2, -0.15) is 0 Å². The second kappa shape index (κ2) is 8.61. The Kier molecular flexibility index (Phi) is 5.77. The number of hydrogen-bond acceptors (Lipinski definition) is 3. The Morgan fingerprint density at radius 3 is 2.43 bits per heavy atom. The summed E-state index contributed by atoms with van der Waals surface area (Å²) < 4.78 is 5.40. The van der Waals surface area contributed by atoms with E-state index in [2.05, 4.69) is 53.5 Å². The summed E-state index contributed by atoms with van der Waals surface area (Å²) >= 11 is 0. The van der Waals surface area contributed by atoms with Gasteiger partial charge in [0.05, 0.1) is 19.3 Å². The van der Waals surface area contributed by atoms with Crippen LogP contribution in [0.4, 0.5) is 5.69 Å². The van der Waals surface area contributed by atoms with Gasteiger partial charge in [0.25, 0.3) is 0 Å². The molecule has 146 valence electrons. The third-order valence-electron chi connectivity index (χ3n) is 5.75. The fourth-order valence-corrected chi connectivity index (χ4v) is 3.90. The highest BCUT2D eigenvalue weighted by Crippen LogP contribution is 2.46. The molecule has 0 spiro atoms. The highest BCUT2D eigenvalue weighted by atomic mass is 16.5.